The molecule has 4 heteroatoms. The Morgan fingerprint density at radius 2 is 2.07 bits per heavy atom. The van der Waals surface area contributed by atoms with Crippen LogP contribution in [0.1, 0.15) is 11.4 Å². The molecule has 0 aliphatic heterocycles. The van der Waals surface area contributed by atoms with Crippen LogP contribution >= 0.6 is 0 Å². The Morgan fingerprint density at radius 3 is 2.67 bits per heavy atom. The molecule has 0 bridgehead atoms. The normalized spacial score (nSPS) is 10.3. The fourth-order valence-corrected chi connectivity index (χ4v) is 1.56. The number of nitrogens with one attached hydrogen (secondary N) is 1. The highest BCUT2D eigenvalue weighted by Gasteiger charge is 2.11. The zero-order valence-electron chi connectivity index (χ0n) is 9.03. The molecule has 0 saturated heterocycles. The Labute approximate surface area is 88.3 Å². The number of hydrogen-bond acceptors (Lipinski definition) is 3. The number of hydrogen-bond donors (Lipinski definition) is 1. The molecule has 0 atom stereocenters. The van der Waals surface area contributed by atoms with Gasteiger partial charge in [-0.05, 0) is 25.5 Å². The maximum atomic E-state index is 5.35. The van der Waals surface area contributed by atoms with Gasteiger partial charge in [-0.1, -0.05) is 12.1 Å². The lowest BCUT2D eigenvalue weighted by Gasteiger charge is -2.07. The number of benzene rings is 1. The summed E-state index contributed by atoms with van der Waals surface area (Å²) in [5, 5.41) is 6.94. The lowest BCUT2D eigenvalue weighted by molar-refractivity contribution is 0.413. The summed E-state index contributed by atoms with van der Waals surface area (Å²) in [5.41, 5.74) is 2.00. The molecule has 1 heterocycles. The zero-order chi connectivity index (χ0) is 10.8. The van der Waals surface area contributed by atoms with Crippen molar-refractivity contribution in [3.63, 3.8) is 0 Å². The van der Waals surface area contributed by atoms with Crippen LogP contribution in [0.5, 0.6) is 5.75 Å². The second kappa shape index (κ2) is 3.73. The molecule has 4 nitrogen and oxygen atoms in total. The molecule has 2 rings (SSSR count). The van der Waals surface area contributed by atoms with Crippen molar-refractivity contribution in [1.82, 2.24) is 15.2 Å². The minimum atomic E-state index is 0.674. The Kier molecular flexibility index (Phi) is 2.41. The minimum absolute atomic E-state index is 0.674. The third kappa shape index (κ3) is 1.70. The quantitative estimate of drug-likeness (QED) is 0.813. The Balaban J connectivity index is 2.57. The molecule has 1 N–H and O–H groups in total. The molecule has 0 amide bonds. The molecular weight excluding hydrogens is 190 g/mol. The molecule has 15 heavy (non-hydrogen) atoms. The van der Waals surface area contributed by atoms with Crippen molar-refractivity contribution in [2.75, 3.05) is 7.11 Å². The fourth-order valence-electron chi connectivity index (χ4n) is 1.56. The first-order chi connectivity index (χ1) is 7.22. The largest absolute Gasteiger partial charge is 0.496 e. The van der Waals surface area contributed by atoms with Gasteiger partial charge < -0.3 is 4.74 Å². The molecular formula is C11H13N3O. The smallest absolute Gasteiger partial charge is 0.184 e. The first kappa shape index (κ1) is 9.71. The number of aromatic amines is 1. The number of aromatic nitrogens is 3. The van der Waals surface area contributed by atoms with Crippen molar-refractivity contribution in [1.29, 1.82) is 0 Å². The van der Waals surface area contributed by atoms with Crippen LogP contribution in [0.4, 0.5) is 0 Å². The maximum Gasteiger partial charge on any atom is 0.184 e. The van der Waals surface area contributed by atoms with E-state index < -0.39 is 0 Å². The second-order valence-electron chi connectivity index (χ2n) is 3.40. The van der Waals surface area contributed by atoms with Crippen molar-refractivity contribution in [2.24, 2.45) is 0 Å². The third-order valence-electron chi connectivity index (χ3n) is 2.25. The number of nitrogens with zero attached hydrogens (tertiary/aromatic N) is 2. The molecule has 0 aliphatic carbocycles. The van der Waals surface area contributed by atoms with Crippen LogP contribution in [0, 0.1) is 13.8 Å². The lowest BCUT2D eigenvalue weighted by atomic mass is 10.1. The van der Waals surface area contributed by atoms with Crippen LogP contribution in [0.2, 0.25) is 0 Å². The number of para-hydroxylation sites is 1. The number of aryl methyl sites for hydroxylation is 2. The van der Waals surface area contributed by atoms with E-state index in [0.29, 0.717) is 5.82 Å². The third-order valence-corrected chi connectivity index (χ3v) is 2.25. The van der Waals surface area contributed by atoms with Crippen LogP contribution in [-0.2, 0) is 0 Å². The van der Waals surface area contributed by atoms with Gasteiger partial charge in [-0.25, -0.2) is 4.98 Å². The second-order valence-corrected chi connectivity index (χ2v) is 3.40. The first-order valence-electron chi connectivity index (χ1n) is 4.75. The molecule has 0 radical (unpaired) electrons. The van der Waals surface area contributed by atoms with E-state index in [9.17, 15) is 0 Å². The van der Waals surface area contributed by atoms with Gasteiger partial charge >= 0.3 is 0 Å². The summed E-state index contributed by atoms with van der Waals surface area (Å²) in [6, 6.07) is 5.93. The molecule has 1 aromatic heterocycles. The van der Waals surface area contributed by atoms with Gasteiger partial charge in [-0.2, -0.15) is 5.10 Å². The summed E-state index contributed by atoms with van der Waals surface area (Å²) < 4.78 is 5.35. The first-order valence-corrected chi connectivity index (χ1v) is 4.75. The van der Waals surface area contributed by atoms with E-state index in [1.165, 1.54) is 0 Å². The van der Waals surface area contributed by atoms with Gasteiger partial charge in [-0.3, -0.25) is 5.10 Å². The van der Waals surface area contributed by atoms with Crippen molar-refractivity contribution in [3.8, 4) is 17.1 Å². The minimum Gasteiger partial charge on any atom is -0.496 e. The van der Waals surface area contributed by atoms with Crippen molar-refractivity contribution in [3.05, 3.63) is 29.6 Å². The van der Waals surface area contributed by atoms with E-state index in [-0.39, 0.29) is 0 Å². The van der Waals surface area contributed by atoms with E-state index in [0.717, 1.165) is 22.7 Å². The van der Waals surface area contributed by atoms with Gasteiger partial charge in [0.15, 0.2) is 5.82 Å². The molecule has 0 saturated carbocycles. The highest BCUT2D eigenvalue weighted by atomic mass is 16.5. The Bertz CT molecular complexity index is 476. The highest BCUT2D eigenvalue weighted by molar-refractivity contribution is 5.66. The van der Waals surface area contributed by atoms with E-state index in [1.807, 2.05) is 32.0 Å². The molecule has 2 aromatic rings. The predicted molar refractivity (Wildman–Crippen MR) is 57.8 cm³/mol. The average Bonchev–Trinajstić information content (AvgIpc) is 2.64. The summed E-state index contributed by atoms with van der Waals surface area (Å²) in [7, 11) is 1.66. The van der Waals surface area contributed by atoms with Crippen molar-refractivity contribution >= 4 is 0 Å². The lowest BCUT2D eigenvalue weighted by Crippen LogP contribution is -1.92. The summed E-state index contributed by atoms with van der Waals surface area (Å²) in [4.78, 5) is 4.28. The van der Waals surface area contributed by atoms with Gasteiger partial charge in [0, 0.05) is 0 Å². The van der Waals surface area contributed by atoms with Crippen LogP contribution in [-0.4, -0.2) is 22.3 Å². The molecule has 0 spiro atoms. The fraction of sp³-hybridized carbons (Fsp3) is 0.273. The van der Waals surface area contributed by atoms with Gasteiger partial charge in [-0.15, -0.1) is 0 Å². The number of methoxy groups -OCH3 is 1. The monoisotopic (exact) mass is 203 g/mol. The standard InChI is InChI=1S/C11H13N3O/c1-7-5-4-6-9(10(7)15-3)11-12-8(2)13-14-11/h4-6H,1-3H3,(H,12,13,14). The van der Waals surface area contributed by atoms with E-state index in [2.05, 4.69) is 15.2 Å². The van der Waals surface area contributed by atoms with E-state index in [1.54, 1.807) is 7.11 Å². The number of H-pyrrole nitrogens is 1. The van der Waals surface area contributed by atoms with Gasteiger partial charge in [0.05, 0.1) is 12.7 Å². The molecule has 0 unspecified atom stereocenters. The topological polar surface area (TPSA) is 50.8 Å². The predicted octanol–water partition coefficient (Wildman–Crippen LogP) is 2.10. The van der Waals surface area contributed by atoms with Crippen molar-refractivity contribution in [2.45, 2.75) is 13.8 Å². The SMILES string of the molecule is COc1c(C)cccc1-c1n[nH]c(C)n1. The maximum absolute atomic E-state index is 5.35. The van der Waals surface area contributed by atoms with Crippen LogP contribution in [0.15, 0.2) is 18.2 Å². The van der Waals surface area contributed by atoms with Crippen LogP contribution in [0.3, 0.4) is 0 Å². The molecule has 0 fully saturated rings. The van der Waals surface area contributed by atoms with Gasteiger partial charge in [0.1, 0.15) is 11.6 Å². The Morgan fingerprint density at radius 1 is 1.27 bits per heavy atom. The van der Waals surface area contributed by atoms with E-state index >= 15 is 0 Å². The van der Waals surface area contributed by atoms with Gasteiger partial charge in [0.25, 0.3) is 0 Å². The summed E-state index contributed by atoms with van der Waals surface area (Å²) >= 11 is 0. The zero-order valence-corrected chi connectivity index (χ0v) is 9.03. The summed E-state index contributed by atoms with van der Waals surface area (Å²) in [5.74, 6) is 2.30. The molecule has 78 valence electrons. The average molecular weight is 203 g/mol. The number of rotatable bonds is 2. The summed E-state index contributed by atoms with van der Waals surface area (Å²) in [6.07, 6.45) is 0. The van der Waals surface area contributed by atoms with Gasteiger partial charge in [0.2, 0.25) is 0 Å². The van der Waals surface area contributed by atoms with E-state index in [4.69, 9.17) is 4.74 Å². The molecule has 0 aliphatic rings. The van der Waals surface area contributed by atoms with Crippen LogP contribution < -0.4 is 4.74 Å². The summed E-state index contributed by atoms with van der Waals surface area (Å²) in [6.45, 7) is 3.88. The van der Waals surface area contributed by atoms with Crippen LogP contribution in [0.25, 0.3) is 11.4 Å². The Hall–Kier alpha value is -1.84. The highest BCUT2D eigenvalue weighted by Crippen LogP contribution is 2.30. The molecule has 1 aromatic carbocycles. The van der Waals surface area contributed by atoms with Crippen molar-refractivity contribution < 1.29 is 4.74 Å². The number of ether oxygens (including phenoxy) is 1.